The van der Waals surface area contributed by atoms with Crippen LogP contribution in [0.5, 0.6) is 0 Å². The molecule has 0 spiro atoms. The van der Waals surface area contributed by atoms with E-state index in [1.165, 1.54) is 0 Å². The third-order valence-corrected chi connectivity index (χ3v) is 5.71. The lowest BCUT2D eigenvalue weighted by atomic mass is 9.82. The van der Waals surface area contributed by atoms with Crippen LogP contribution < -0.4 is 10.5 Å². The molecule has 7 heteroatoms. The van der Waals surface area contributed by atoms with Gasteiger partial charge in [-0.15, -0.1) is 0 Å². The summed E-state index contributed by atoms with van der Waals surface area (Å²) in [5, 5.41) is 12.1. The van der Waals surface area contributed by atoms with E-state index in [0.717, 1.165) is 19.3 Å². The maximum absolute atomic E-state index is 12.6. The highest BCUT2D eigenvalue weighted by Gasteiger charge is 2.40. The Labute approximate surface area is 125 Å². The van der Waals surface area contributed by atoms with Crippen LogP contribution >= 0.6 is 0 Å². The summed E-state index contributed by atoms with van der Waals surface area (Å²) in [6.45, 7) is 1.74. The lowest BCUT2D eigenvalue weighted by Gasteiger charge is -2.36. The van der Waals surface area contributed by atoms with Gasteiger partial charge in [-0.1, -0.05) is 42.6 Å². The van der Waals surface area contributed by atoms with Crippen molar-refractivity contribution in [3.63, 3.8) is 0 Å². The molecule has 0 atom stereocenters. The van der Waals surface area contributed by atoms with Crippen LogP contribution in [0.25, 0.3) is 0 Å². The number of sulfonamides is 1. The van der Waals surface area contributed by atoms with E-state index in [0.29, 0.717) is 18.4 Å². The number of nitrogens with zero attached hydrogens (tertiary/aromatic N) is 1. The highest BCUT2D eigenvalue weighted by molar-refractivity contribution is 7.89. The molecule has 0 unspecified atom stereocenters. The van der Waals surface area contributed by atoms with E-state index >= 15 is 0 Å². The number of nitrogens with one attached hydrogen (secondary N) is 1. The van der Waals surface area contributed by atoms with Crippen molar-refractivity contribution < 1.29 is 13.6 Å². The average Bonchev–Trinajstić information content (AvgIpc) is 2.47. The summed E-state index contributed by atoms with van der Waals surface area (Å²) in [6, 6.07) is 6.76. The molecule has 0 heterocycles. The Balaban J connectivity index is 2.39. The standard InChI is InChI=1S/C14H21N3O3S/c1-11-7-3-4-8-12(11)21(19,20)17-14(13(15)16-18)9-5-2-6-10-14/h3-4,7-8,17-18H,2,5-6,9-10H2,1H3,(H2,15,16). The van der Waals surface area contributed by atoms with Crippen molar-refractivity contribution in [1.82, 2.24) is 4.72 Å². The van der Waals surface area contributed by atoms with Crippen LogP contribution in [-0.4, -0.2) is 25.0 Å². The van der Waals surface area contributed by atoms with Gasteiger partial charge >= 0.3 is 0 Å². The minimum Gasteiger partial charge on any atom is -0.409 e. The number of hydrogen-bond acceptors (Lipinski definition) is 4. The molecular formula is C14H21N3O3S. The molecule has 0 amide bonds. The maximum atomic E-state index is 12.6. The zero-order chi connectivity index (χ0) is 15.5. The van der Waals surface area contributed by atoms with Crippen molar-refractivity contribution >= 4 is 15.9 Å². The molecule has 0 saturated heterocycles. The van der Waals surface area contributed by atoms with Crippen molar-refractivity contribution in [2.24, 2.45) is 10.9 Å². The summed E-state index contributed by atoms with van der Waals surface area (Å²) in [6.07, 6.45) is 3.77. The SMILES string of the molecule is Cc1ccccc1S(=O)(=O)NC1(C(N)=NO)CCCCC1. The highest BCUT2D eigenvalue weighted by atomic mass is 32.2. The molecule has 1 fully saturated rings. The van der Waals surface area contributed by atoms with E-state index in [-0.39, 0.29) is 10.7 Å². The monoisotopic (exact) mass is 311 g/mol. The summed E-state index contributed by atoms with van der Waals surface area (Å²) >= 11 is 0. The Morgan fingerprint density at radius 2 is 1.90 bits per heavy atom. The Morgan fingerprint density at radius 1 is 1.29 bits per heavy atom. The van der Waals surface area contributed by atoms with E-state index in [1.807, 2.05) is 0 Å². The minimum atomic E-state index is -3.73. The molecule has 1 aromatic rings. The molecule has 2 rings (SSSR count). The van der Waals surface area contributed by atoms with E-state index in [9.17, 15) is 8.42 Å². The lowest BCUT2D eigenvalue weighted by Crippen LogP contribution is -2.58. The van der Waals surface area contributed by atoms with Gasteiger partial charge in [-0.2, -0.15) is 4.72 Å². The molecule has 1 aliphatic carbocycles. The summed E-state index contributed by atoms with van der Waals surface area (Å²) in [7, 11) is -3.73. The van der Waals surface area contributed by atoms with Crippen LogP contribution in [0.2, 0.25) is 0 Å². The zero-order valence-corrected chi connectivity index (χ0v) is 12.9. The number of nitrogens with two attached hydrogens (primary N) is 1. The summed E-state index contributed by atoms with van der Waals surface area (Å²) in [5.41, 5.74) is 5.45. The van der Waals surface area contributed by atoms with Crippen LogP contribution in [0.15, 0.2) is 34.3 Å². The molecule has 6 nitrogen and oxygen atoms in total. The molecular weight excluding hydrogens is 290 g/mol. The van der Waals surface area contributed by atoms with E-state index in [2.05, 4.69) is 9.88 Å². The van der Waals surface area contributed by atoms with Gasteiger partial charge in [0.25, 0.3) is 0 Å². The van der Waals surface area contributed by atoms with E-state index in [4.69, 9.17) is 10.9 Å². The van der Waals surface area contributed by atoms with E-state index in [1.54, 1.807) is 31.2 Å². The van der Waals surface area contributed by atoms with Crippen molar-refractivity contribution in [3.05, 3.63) is 29.8 Å². The molecule has 21 heavy (non-hydrogen) atoms. The number of aryl methyl sites for hydroxylation is 1. The molecule has 0 radical (unpaired) electrons. The minimum absolute atomic E-state index is 0.0700. The van der Waals surface area contributed by atoms with Crippen LogP contribution in [0, 0.1) is 6.92 Å². The number of hydrogen-bond donors (Lipinski definition) is 3. The lowest BCUT2D eigenvalue weighted by molar-refractivity contribution is 0.294. The fraction of sp³-hybridized carbons (Fsp3) is 0.500. The molecule has 1 aromatic carbocycles. The second-order valence-electron chi connectivity index (χ2n) is 5.50. The average molecular weight is 311 g/mol. The van der Waals surface area contributed by atoms with Crippen molar-refractivity contribution in [1.29, 1.82) is 0 Å². The van der Waals surface area contributed by atoms with Gasteiger partial charge in [-0.05, 0) is 31.4 Å². The van der Waals surface area contributed by atoms with Gasteiger partial charge in [0.15, 0.2) is 5.84 Å². The first-order valence-electron chi connectivity index (χ1n) is 6.99. The molecule has 1 saturated carbocycles. The molecule has 0 aliphatic heterocycles. The van der Waals surface area contributed by atoms with Gasteiger partial charge in [0.1, 0.15) is 0 Å². The Bertz CT molecular complexity index is 635. The van der Waals surface area contributed by atoms with Crippen molar-refractivity contribution in [2.45, 2.75) is 49.5 Å². The number of benzene rings is 1. The third kappa shape index (κ3) is 3.19. The first kappa shape index (κ1) is 15.8. The second kappa shape index (κ2) is 6.03. The summed E-state index contributed by atoms with van der Waals surface area (Å²) in [5.74, 6) is -0.0700. The second-order valence-corrected chi connectivity index (χ2v) is 7.15. The fourth-order valence-corrected chi connectivity index (χ4v) is 4.51. The smallest absolute Gasteiger partial charge is 0.241 e. The van der Waals surface area contributed by atoms with E-state index < -0.39 is 15.6 Å². The van der Waals surface area contributed by atoms with Gasteiger partial charge in [0, 0.05) is 0 Å². The predicted octanol–water partition coefficient (Wildman–Crippen LogP) is 1.72. The quantitative estimate of drug-likeness (QED) is 0.341. The third-order valence-electron chi connectivity index (χ3n) is 4.02. The Kier molecular flexibility index (Phi) is 4.53. The van der Waals surface area contributed by atoms with Crippen LogP contribution in [0.1, 0.15) is 37.7 Å². The number of oxime groups is 1. The topological polar surface area (TPSA) is 105 Å². The van der Waals surface area contributed by atoms with Gasteiger partial charge in [-0.3, -0.25) is 0 Å². The first-order valence-corrected chi connectivity index (χ1v) is 8.47. The zero-order valence-electron chi connectivity index (χ0n) is 12.0. The van der Waals surface area contributed by atoms with Gasteiger partial charge in [-0.25, -0.2) is 8.42 Å². The number of rotatable bonds is 4. The van der Waals surface area contributed by atoms with Crippen LogP contribution in [0.4, 0.5) is 0 Å². The van der Waals surface area contributed by atoms with Gasteiger partial charge < -0.3 is 10.9 Å². The molecule has 0 bridgehead atoms. The van der Waals surface area contributed by atoms with Crippen LogP contribution in [-0.2, 0) is 10.0 Å². The van der Waals surface area contributed by atoms with Crippen molar-refractivity contribution in [2.75, 3.05) is 0 Å². The number of amidine groups is 1. The first-order chi connectivity index (χ1) is 9.91. The highest BCUT2D eigenvalue weighted by Crippen LogP contribution is 2.30. The van der Waals surface area contributed by atoms with Crippen molar-refractivity contribution in [3.8, 4) is 0 Å². The maximum Gasteiger partial charge on any atom is 0.241 e. The fourth-order valence-electron chi connectivity index (χ4n) is 2.83. The molecule has 4 N–H and O–H groups in total. The normalized spacial score (nSPS) is 19.4. The largest absolute Gasteiger partial charge is 0.409 e. The van der Waals surface area contributed by atoms with Gasteiger partial charge in [0.05, 0.1) is 10.4 Å². The molecule has 0 aromatic heterocycles. The van der Waals surface area contributed by atoms with Crippen LogP contribution in [0.3, 0.4) is 0 Å². The molecule has 1 aliphatic rings. The Morgan fingerprint density at radius 3 is 2.48 bits per heavy atom. The summed E-state index contributed by atoms with van der Waals surface area (Å²) in [4.78, 5) is 0.223. The van der Waals surface area contributed by atoms with Gasteiger partial charge in [0.2, 0.25) is 10.0 Å². The molecule has 116 valence electrons. The Hall–Kier alpha value is -1.60. The summed E-state index contributed by atoms with van der Waals surface area (Å²) < 4.78 is 28.0. The predicted molar refractivity (Wildman–Crippen MR) is 80.7 cm³/mol.